The molecule has 2 aromatic rings. The molecule has 0 radical (unpaired) electrons. The number of fused-ring (bicyclic) bond motifs is 3. The van der Waals surface area contributed by atoms with E-state index in [0.717, 1.165) is 22.1 Å². The average molecular weight is 301 g/mol. The van der Waals surface area contributed by atoms with E-state index in [4.69, 9.17) is 10.4 Å². The second kappa shape index (κ2) is 5.24. The molecule has 2 aliphatic rings. The third-order valence-electron chi connectivity index (χ3n) is 5.37. The Balaban J connectivity index is 1.87. The molecular formula is C17H23N3S. The first-order valence-corrected chi connectivity index (χ1v) is 9.13. The van der Waals surface area contributed by atoms with Crippen LogP contribution in [0.25, 0.3) is 10.2 Å². The van der Waals surface area contributed by atoms with E-state index in [0.29, 0.717) is 12.0 Å². The molecule has 112 valence electrons. The second-order valence-electron chi connectivity index (χ2n) is 6.72. The largest absolute Gasteiger partial charge is 0.314 e. The van der Waals surface area contributed by atoms with Crippen LogP contribution in [0.3, 0.4) is 0 Å². The van der Waals surface area contributed by atoms with E-state index in [2.05, 4.69) is 11.5 Å². The number of nitrogens with one attached hydrogen (secondary N) is 1. The van der Waals surface area contributed by atoms with Gasteiger partial charge in [0.25, 0.3) is 0 Å². The van der Waals surface area contributed by atoms with Crippen LogP contribution in [0, 0.1) is 11.3 Å². The minimum Gasteiger partial charge on any atom is -0.314 e. The van der Waals surface area contributed by atoms with E-state index in [1.165, 1.54) is 55.4 Å². The van der Waals surface area contributed by atoms with Crippen LogP contribution in [0.5, 0.6) is 0 Å². The highest BCUT2D eigenvalue weighted by atomic mass is 32.1. The maximum absolute atomic E-state index is 8.75. The molecule has 0 spiro atoms. The van der Waals surface area contributed by atoms with E-state index < -0.39 is 0 Å². The molecule has 4 heteroatoms. The van der Waals surface area contributed by atoms with Crippen molar-refractivity contribution in [2.75, 3.05) is 0 Å². The van der Waals surface area contributed by atoms with Crippen molar-refractivity contribution in [3.05, 3.63) is 22.3 Å². The fourth-order valence-corrected chi connectivity index (χ4v) is 5.38. The zero-order chi connectivity index (χ0) is 14.4. The van der Waals surface area contributed by atoms with Gasteiger partial charge in [0.05, 0.1) is 11.7 Å². The van der Waals surface area contributed by atoms with E-state index in [9.17, 15) is 0 Å². The third-order valence-corrected chi connectivity index (χ3v) is 6.57. The van der Waals surface area contributed by atoms with E-state index in [1.807, 2.05) is 17.7 Å². The van der Waals surface area contributed by atoms with Crippen molar-refractivity contribution < 1.29 is 0 Å². The summed E-state index contributed by atoms with van der Waals surface area (Å²) >= 11 is 1.83. The van der Waals surface area contributed by atoms with Gasteiger partial charge in [-0.2, -0.15) is 0 Å². The van der Waals surface area contributed by atoms with Crippen LogP contribution >= 0.6 is 11.3 Å². The van der Waals surface area contributed by atoms with Crippen LogP contribution in [-0.4, -0.2) is 9.55 Å². The Labute approximate surface area is 129 Å². The number of nitrogens with zero attached hydrogens (tertiary/aromatic N) is 2. The van der Waals surface area contributed by atoms with Gasteiger partial charge in [-0.25, -0.2) is 4.98 Å². The van der Waals surface area contributed by atoms with Gasteiger partial charge in [-0.1, -0.05) is 19.8 Å². The highest BCUT2D eigenvalue weighted by Crippen LogP contribution is 2.36. The van der Waals surface area contributed by atoms with Gasteiger partial charge in [-0.05, 0) is 50.0 Å². The molecule has 1 fully saturated rings. The lowest BCUT2D eigenvalue weighted by Crippen LogP contribution is -2.31. The maximum Gasteiger partial charge on any atom is 0.136 e. The zero-order valence-corrected chi connectivity index (χ0v) is 13.5. The Morgan fingerprint density at radius 2 is 2.00 bits per heavy atom. The summed E-state index contributed by atoms with van der Waals surface area (Å²) in [7, 11) is 0. The molecule has 0 saturated heterocycles. The summed E-state index contributed by atoms with van der Waals surface area (Å²) in [5.41, 5.74) is 2.16. The molecule has 2 aliphatic carbocycles. The molecule has 0 bridgehead atoms. The van der Waals surface area contributed by atoms with Gasteiger partial charge in [-0.15, -0.1) is 11.3 Å². The van der Waals surface area contributed by atoms with Gasteiger partial charge in [0.1, 0.15) is 10.3 Å². The number of hydrogen-bond donors (Lipinski definition) is 1. The predicted molar refractivity (Wildman–Crippen MR) is 86.8 cm³/mol. The first-order chi connectivity index (χ1) is 10.3. The number of aryl methyl sites for hydroxylation is 2. The molecule has 0 aliphatic heterocycles. The van der Waals surface area contributed by atoms with Crippen LogP contribution in [0.4, 0.5) is 0 Å². The van der Waals surface area contributed by atoms with E-state index in [-0.39, 0.29) is 0 Å². The molecule has 3 nitrogen and oxygen atoms in total. The fourth-order valence-electron chi connectivity index (χ4n) is 4.15. The minimum absolute atomic E-state index is 0.474. The summed E-state index contributed by atoms with van der Waals surface area (Å²) in [5, 5.41) is 9.91. The Bertz CT molecular complexity index is 727. The molecule has 21 heavy (non-hydrogen) atoms. The van der Waals surface area contributed by atoms with Crippen LogP contribution in [0.15, 0.2) is 6.33 Å². The second-order valence-corrected chi connectivity index (χ2v) is 7.80. The van der Waals surface area contributed by atoms with Crippen molar-refractivity contribution in [3.63, 3.8) is 0 Å². The molecule has 0 aromatic carbocycles. The molecule has 1 N–H and O–H groups in total. The summed E-state index contributed by atoms with van der Waals surface area (Å²) < 4.78 is 2.17. The first kappa shape index (κ1) is 13.5. The van der Waals surface area contributed by atoms with Crippen LogP contribution in [0.2, 0.25) is 0 Å². The fraction of sp³-hybridized carbons (Fsp3) is 0.647. The monoisotopic (exact) mass is 301 g/mol. The molecule has 2 atom stereocenters. The summed E-state index contributed by atoms with van der Waals surface area (Å²) in [6.45, 7) is 2.34. The predicted octanol–water partition coefficient (Wildman–Crippen LogP) is 4.21. The number of thiophene rings is 1. The molecule has 4 rings (SSSR count). The quantitative estimate of drug-likeness (QED) is 0.842. The van der Waals surface area contributed by atoms with Gasteiger partial charge in [0.15, 0.2) is 0 Å². The highest BCUT2D eigenvalue weighted by molar-refractivity contribution is 7.18. The lowest BCUT2D eigenvalue weighted by Gasteiger charge is -2.30. The highest BCUT2D eigenvalue weighted by Gasteiger charge is 2.25. The number of rotatable bonds is 1. The molecule has 2 unspecified atom stereocenters. The smallest absolute Gasteiger partial charge is 0.136 e. The van der Waals surface area contributed by atoms with Gasteiger partial charge in [0.2, 0.25) is 0 Å². The van der Waals surface area contributed by atoms with Crippen LogP contribution in [0.1, 0.15) is 61.9 Å². The molecular weight excluding hydrogens is 278 g/mol. The molecule has 2 heterocycles. The van der Waals surface area contributed by atoms with Crippen LogP contribution < -0.4 is 5.49 Å². The van der Waals surface area contributed by atoms with Gasteiger partial charge in [-0.3, -0.25) is 5.41 Å². The summed E-state index contributed by atoms with van der Waals surface area (Å²) in [4.78, 5) is 7.30. The van der Waals surface area contributed by atoms with Crippen molar-refractivity contribution in [2.24, 2.45) is 5.92 Å². The topological polar surface area (TPSA) is 41.7 Å². The Hall–Kier alpha value is -1.16. The van der Waals surface area contributed by atoms with Crippen molar-refractivity contribution >= 4 is 21.6 Å². The minimum atomic E-state index is 0.474. The third kappa shape index (κ3) is 2.15. The SMILES string of the molecule is CC1CCCCC1n1cnc2sc3c(c2c1=N)CCCC3. The molecule has 2 aromatic heterocycles. The Morgan fingerprint density at radius 1 is 1.19 bits per heavy atom. The lowest BCUT2D eigenvalue weighted by atomic mass is 9.85. The Morgan fingerprint density at radius 3 is 2.86 bits per heavy atom. The number of hydrogen-bond acceptors (Lipinski definition) is 3. The van der Waals surface area contributed by atoms with E-state index >= 15 is 0 Å². The summed E-state index contributed by atoms with van der Waals surface area (Å²) in [6.07, 6.45) is 12.0. The van der Waals surface area contributed by atoms with Crippen molar-refractivity contribution in [1.82, 2.24) is 9.55 Å². The van der Waals surface area contributed by atoms with Gasteiger partial charge < -0.3 is 4.57 Å². The molecule has 1 saturated carbocycles. The van der Waals surface area contributed by atoms with Gasteiger partial charge in [0, 0.05) is 10.9 Å². The summed E-state index contributed by atoms with van der Waals surface area (Å²) in [5.74, 6) is 0.668. The van der Waals surface area contributed by atoms with Crippen molar-refractivity contribution in [3.8, 4) is 0 Å². The standard InChI is InChI=1S/C17H23N3S/c1-11-6-2-4-8-13(11)20-10-19-17-15(16(20)18)12-7-3-5-9-14(12)21-17/h10-11,13,18H,2-9H2,1H3. The van der Waals surface area contributed by atoms with E-state index in [1.54, 1.807) is 0 Å². The van der Waals surface area contributed by atoms with Gasteiger partial charge >= 0.3 is 0 Å². The van der Waals surface area contributed by atoms with Crippen molar-refractivity contribution in [1.29, 1.82) is 5.41 Å². The van der Waals surface area contributed by atoms with Crippen LogP contribution in [-0.2, 0) is 12.8 Å². The zero-order valence-electron chi connectivity index (χ0n) is 12.7. The normalized spacial score (nSPS) is 26.0. The average Bonchev–Trinajstić information content (AvgIpc) is 2.88. The first-order valence-electron chi connectivity index (χ1n) is 8.31. The molecule has 0 amide bonds. The summed E-state index contributed by atoms with van der Waals surface area (Å²) in [6, 6.07) is 0.474. The Kier molecular flexibility index (Phi) is 3.37. The lowest BCUT2D eigenvalue weighted by molar-refractivity contribution is 0.249. The maximum atomic E-state index is 8.75. The van der Waals surface area contributed by atoms with Crippen molar-refractivity contribution in [2.45, 2.75) is 64.3 Å². The number of aromatic nitrogens is 2.